The lowest BCUT2D eigenvalue weighted by Gasteiger charge is -2.11. The Kier molecular flexibility index (Phi) is 4.77. The van der Waals surface area contributed by atoms with E-state index in [-0.39, 0.29) is 0 Å². The molecule has 5 nitrogen and oxygen atoms in total. The summed E-state index contributed by atoms with van der Waals surface area (Å²) in [6.07, 6.45) is 3.81. The second kappa shape index (κ2) is 6.74. The van der Waals surface area contributed by atoms with E-state index in [2.05, 4.69) is 10.6 Å². The molecule has 2 rings (SSSR count). The van der Waals surface area contributed by atoms with Crippen molar-refractivity contribution in [2.75, 3.05) is 11.9 Å². The van der Waals surface area contributed by atoms with Crippen molar-refractivity contribution in [1.29, 1.82) is 0 Å². The summed E-state index contributed by atoms with van der Waals surface area (Å²) in [5.41, 5.74) is 3.52. The topological polar surface area (TPSA) is 71.3 Å². The average molecular weight is 286 g/mol. The van der Waals surface area contributed by atoms with Gasteiger partial charge in [0.1, 0.15) is 0 Å². The Morgan fingerprint density at radius 3 is 2.43 bits per heavy atom. The zero-order chi connectivity index (χ0) is 15.2. The zero-order valence-electron chi connectivity index (χ0n) is 12.1. The van der Waals surface area contributed by atoms with Crippen LogP contribution in [0, 0.1) is 13.8 Å². The molecule has 0 aliphatic heterocycles. The second-order valence-electron chi connectivity index (χ2n) is 4.86. The van der Waals surface area contributed by atoms with Crippen LogP contribution >= 0.6 is 0 Å². The maximum absolute atomic E-state index is 11.9. The van der Waals surface area contributed by atoms with Gasteiger partial charge in [-0.2, -0.15) is 0 Å². The van der Waals surface area contributed by atoms with Crippen LogP contribution in [0.25, 0.3) is 0 Å². The molecule has 21 heavy (non-hydrogen) atoms. The fourth-order valence-electron chi connectivity index (χ4n) is 2.02. The van der Waals surface area contributed by atoms with E-state index in [0.717, 1.165) is 16.7 Å². The van der Waals surface area contributed by atoms with Gasteiger partial charge in [-0.05, 0) is 43.0 Å². The molecular formula is C16H18N2O3. The summed E-state index contributed by atoms with van der Waals surface area (Å²) in [4.78, 5) is 23.6. The number of carbonyl (C=O) groups excluding carboxylic acids is 2. The molecule has 0 atom stereocenters. The number of amides is 2. The van der Waals surface area contributed by atoms with Gasteiger partial charge in [0, 0.05) is 12.2 Å². The first kappa shape index (κ1) is 14.8. The molecule has 0 fully saturated rings. The Morgan fingerprint density at radius 2 is 1.81 bits per heavy atom. The van der Waals surface area contributed by atoms with Crippen molar-refractivity contribution in [3.05, 3.63) is 53.5 Å². The Morgan fingerprint density at radius 1 is 1.10 bits per heavy atom. The Hall–Kier alpha value is -2.56. The van der Waals surface area contributed by atoms with E-state index in [9.17, 15) is 9.59 Å². The van der Waals surface area contributed by atoms with E-state index < -0.39 is 11.8 Å². The maximum atomic E-state index is 11.9. The van der Waals surface area contributed by atoms with E-state index in [1.165, 1.54) is 0 Å². The predicted molar refractivity (Wildman–Crippen MR) is 80.0 cm³/mol. The number of nitrogens with one attached hydrogen (secondary N) is 2. The second-order valence-corrected chi connectivity index (χ2v) is 4.86. The largest absolute Gasteiger partial charge is 0.472 e. The van der Waals surface area contributed by atoms with Crippen molar-refractivity contribution in [2.45, 2.75) is 20.3 Å². The number of benzene rings is 1. The Balaban J connectivity index is 1.86. The lowest BCUT2D eigenvalue weighted by atomic mass is 10.1. The lowest BCUT2D eigenvalue weighted by Crippen LogP contribution is -2.36. The van der Waals surface area contributed by atoms with Crippen LogP contribution in [0.15, 0.2) is 41.2 Å². The molecule has 1 heterocycles. The first-order valence-corrected chi connectivity index (χ1v) is 6.74. The smallest absolute Gasteiger partial charge is 0.313 e. The number of para-hydroxylation sites is 1. The highest BCUT2D eigenvalue weighted by molar-refractivity contribution is 6.39. The van der Waals surface area contributed by atoms with Gasteiger partial charge in [-0.1, -0.05) is 18.2 Å². The van der Waals surface area contributed by atoms with E-state index in [1.807, 2.05) is 38.1 Å². The molecule has 5 heteroatoms. The van der Waals surface area contributed by atoms with E-state index in [0.29, 0.717) is 18.7 Å². The molecule has 0 radical (unpaired) electrons. The highest BCUT2D eigenvalue weighted by Crippen LogP contribution is 2.19. The van der Waals surface area contributed by atoms with Gasteiger partial charge in [0.05, 0.1) is 12.5 Å². The molecule has 110 valence electrons. The molecule has 2 aromatic rings. The summed E-state index contributed by atoms with van der Waals surface area (Å²) in [7, 11) is 0. The molecule has 0 saturated carbocycles. The molecule has 1 aromatic carbocycles. The normalized spacial score (nSPS) is 10.2. The van der Waals surface area contributed by atoms with Gasteiger partial charge in [0.25, 0.3) is 0 Å². The number of carbonyl (C=O) groups is 2. The van der Waals surface area contributed by atoms with Crippen LogP contribution in [-0.4, -0.2) is 18.4 Å². The standard InChI is InChI=1S/C16H18N2O3/c1-11-4-3-5-12(2)14(11)18-16(20)15(19)17-8-6-13-7-9-21-10-13/h3-5,7,9-10H,6,8H2,1-2H3,(H,17,19)(H,18,20). The maximum Gasteiger partial charge on any atom is 0.313 e. The molecule has 2 N–H and O–H groups in total. The number of hydrogen-bond acceptors (Lipinski definition) is 3. The summed E-state index contributed by atoms with van der Waals surface area (Å²) in [5.74, 6) is -1.29. The number of rotatable bonds is 4. The molecule has 0 unspecified atom stereocenters. The Labute approximate surface area is 123 Å². The van der Waals surface area contributed by atoms with Gasteiger partial charge >= 0.3 is 11.8 Å². The highest BCUT2D eigenvalue weighted by atomic mass is 16.3. The van der Waals surface area contributed by atoms with Gasteiger partial charge in [0.2, 0.25) is 0 Å². The molecule has 0 aliphatic rings. The van der Waals surface area contributed by atoms with Crippen LogP contribution in [0.2, 0.25) is 0 Å². The van der Waals surface area contributed by atoms with E-state index >= 15 is 0 Å². The number of anilines is 1. The van der Waals surface area contributed by atoms with Gasteiger partial charge in [0.15, 0.2) is 0 Å². The number of furan rings is 1. The van der Waals surface area contributed by atoms with Gasteiger partial charge < -0.3 is 15.1 Å². The molecular weight excluding hydrogens is 268 g/mol. The summed E-state index contributed by atoms with van der Waals surface area (Å²) >= 11 is 0. The highest BCUT2D eigenvalue weighted by Gasteiger charge is 2.15. The van der Waals surface area contributed by atoms with Crippen LogP contribution in [0.5, 0.6) is 0 Å². The minimum Gasteiger partial charge on any atom is -0.472 e. The van der Waals surface area contributed by atoms with Crippen molar-refractivity contribution < 1.29 is 14.0 Å². The van der Waals surface area contributed by atoms with Crippen LogP contribution in [-0.2, 0) is 16.0 Å². The molecule has 2 amide bonds. The van der Waals surface area contributed by atoms with Crippen molar-refractivity contribution in [3.8, 4) is 0 Å². The number of hydrogen-bond donors (Lipinski definition) is 2. The predicted octanol–water partition coefficient (Wildman–Crippen LogP) is 2.19. The molecule has 0 saturated heterocycles. The minimum atomic E-state index is -0.653. The molecule has 0 bridgehead atoms. The monoisotopic (exact) mass is 286 g/mol. The summed E-state index contributed by atoms with van der Waals surface area (Å²) in [5, 5.41) is 5.24. The van der Waals surface area contributed by atoms with Crippen molar-refractivity contribution >= 4 is 17.5 Å². The Bertz CT molecular complexity index is 613. The van der Waals surface area contributed by atoms with E-state index in [4.69, 9.17) is 4.42 Å². The first-order valence-electron chi connectivity index (χ1n) is 6.74. The van der Waals surface area contributed by atoms with Crippen LogP contribution in [0.1, 0.15) is 16.7 Å². The third kappa shape index (κ3) is 3.95. The lowest BCUT2D eigenvalue weighted by molar-refractivity contribution is -0.136. The van der Waals surface area contributed by atoms with Gasteiger partial charge in [-0.15, -0.1) is 0 Å². The molecule has 0 aliphatic carbocycles. The quantitative estimate of drug-likeness (QED) is 0.846. The summed E-state index contributed by atoms with van der Waals surface area (Å²) in [6, 6.07) is 7.51. The van der Waals surface area contributed by atoms with Gasteiger partial charge in [-0.25, -0.2) is 0 Å². The third-order valence-electron chi connectivity index (χ3n) is 3.21. The van der Waals surface area contributed by atoms with Crippen molar-refractivity contribution in [1.82, 2.24) is 5.32 Å². The fourth-order valence-corrected chi connectivity index (χ4v) is 2.02. The third-order valence-corrected chi connectivity index (χ3v) is 3.21. The SMILES string of the molecule is Cc1cccc(C)c1NC(=O)C(=O)NCCc1ccoc1. The summed E-state index contributed by atoms with van der Waals surface area (Å²) < 4.78 is 4.93. The average Bonchev–Trinajstić information content (AvgIpc) is 2.96. The minimum absolute atomic E-state index is 0.387. The molecule has 0 spiro atoms. The van der Waals surface area contributed by atoms with Crippen LogP contribution in [0.3, 0.4) is 0 Å². The van der Waals surface area contributed by atoms with Crippen molar-refractivity contribution in [3.63, 3.8) is 0 Å². The fraction of sp³-hybridized carbons (Fsp3) is 0.250. The zero-order valence-corrected chi connectivity index (χ0v) is 12.1. The van der Waals surface area contributed by atoms with E-state index in [1.54, 1.807) is 12.5 Å². The van der Waals surface area contributed by atoms with Crippen LogP contribution in [0.4, 0.5) is 5.69 Å². The van der Waals surface area contributed by atoms with Crippen molar-refractivity contribution in [2.24, 2.45) is 0 Å². The summed E-state index contributed by atoms with van der Waals surface area (Å²) in [6.45, 7) is 4.16. The number of aryl methyl sites for hydroxylation is 2. The first-order chi connectivity index (χ1) is 10.1. The molecule has 1 aromatic heterocycles. The van der Waals surface area contributed by atoms with Gasteiger partial charge in [-0.3, -0.25) is 9.59 Å². The van der Waals surface area contributed by atoms with Crippen LogP contribution < -0.4 is 10.6 Å².